The molecular formula is C60H36. The summed E-state index contributed by atoms with van der Waals surface area (Å²) >= 11 is 0. The van der Waals surface area contributed by atoms with Crippen molar-refractivity contribution >= 4 is 53.9 Å². The van der Waals surface area contributed by atoms with Gasteiger partial charge in [-0.15, -0.1) is 0 Å². The molecule has 12 aromatic carbocycles. The molecule has 0 unspecified atom stereocenters. The summed E-state index contributed by atoms with van der Waals surface area (Å²) in [6.45, 7) is 0. The molecule has 0 aromatic heterocycles. The van der Waals surface area contributed by atoms with Gasteiger partial charge < -0.3 is 0 Å². The lowest BCUT2D eigenvalue weighted by Gasteiger charge is -2.24. The highest BCUT2D eigenvalue weighted by Crippen LogP contribution is 2.60. The average molecular weight is 757 g/mol. The maximum Gasteiger partial charge on any atom is -0.000696 e. The quantitative estimate of drug-likeness (QED) is 0.121. The fourth-order valence-corrected chi connectivity index (χ4v) is 10.8. The first-order valence-corrected chi connectivity index (χ1v) is 20.9. The van der Waals surface area contributed by atoms with Gasteiger partial charge in [-0.2, -0.15) is 0 Å². The van der Waals surface area contributed by atoms with Crippen LogP contribution in [0.25, 0.3) is 132 Å². The van der Waals surface area contributed by atoms with E-state index in [-0.39, 0.29) is 0 Å². The Morgan fingerprint density at radius 2 is 0.583 bits per heavy atom. The van der Waals surface area contributed by atoms with Crippen LogP contribution < -0.4 is 0 Å². The van der Waals surface area contributed by atoms with Gasteiger partial charge >= 0.3 is 0 Å². The first kappa shape index (κ1) is 33.2. The molecule has 0 N–H and O–H groups in total. The lowest BCUT2D eigenvalue weighted by molar-refractivity contribution is 1.60. The van der Waals surface area contributed by atoms with Gasteiger partial charge in [-0.3, -0.25) is 0 Å². The molecule has 0 fully saturated rings. The number of hydrogen-bond acceptors (Lipinski definition) is 0. The van der Waals surface area contributed by atoms with E-state index in [2.05, 4.69) is 218 Å². The minimum absolute atomic E-state index is 1.22. The van der Waals surface area contributed by atoms with Gasteiger partial charge in [0.2, 0.25) is 0 Å². The predicted octanol–water partition coefficient (Wildman–Crippen LogP) is 16.9. The molecule has 0 spiro atoms. The van der Waals surface area contributed by atoms with E-state index in [1.54, 1.807) is 0 Å². The van der Waals surface area contributed by atoms with E-state index in [1.807, 2.05) is 0 Å². The van der Waals surface area contributed by atoms with Crippen molar-refractivity contribution in [2.75, 3.05) is 0 Å². The Labute approximate surface area is 348 Å². The first-order chi connectivity index (χ1) is 29.8. The Balaban J connectivity index is 1.22. The minimum atomic E-state index is 1.22. The van der Waals surface area contributed by atoms with Gasteiger partial charge in [0, 0.05) is 0 Å². The van der Waals surface area contributed by atoms with Crippen LogP contribution >= 0.6 is 0 Å². The van der Waals surface area contributed by atoms with Crippen LogP contribution in [0.5, 0.6) is 0 Å². The van der Waals surface area contributed by atoms with Crippen LogP contribution in [0.15, 0.2) is 218 Å². The minimum Gasteiger partial charge on any atom is -0.0622 e. The van der Waals surface area contributed by atoms with Crippen molar-refractivity contribution in [2.45, 2.75) is 0 Å². The predicted molar refractivity (Wildman–Crippen MR) is 257 cm³/mol. The third-order valence-electron chi connectivity index (χ3n) is 13.2. The van der Waals surface area contributed by atoms with E-state index in [9.17, 15) is 0 Å². The van der Waals surface area contributed by atoms with E-state index < -0.39 is 0 Å². The zero-order valence-electron chi connectivity index (χ0n) is 32.8. The normalized spacial score (nSPS) is 12.0. The Morgan fingerprint density at radius 1 is 0.150 bits per heavy atom. The van der Waals surface area contributed by atoms with Crippen LogP contribution in [-0.2, 0) is 0 Å². The molecule has 0 atom stereocenters. The Bertz CT molecular complexity index is 3670. The van der Waals surface area contributed by atoms with Crippen molar-refractivity contribution < 1.29 is 0 Å². The molecule has 276 valence electrons. The highest BCUT2D eigenvalue weighted by molar-refractivity contribution is 6.42. The molecule has 0 heterocycles. The van der Waals surface area contributed by atoms with E-state index in [0.717, 1.165) is 0 Å². The number of rotatable bonds is 5. The fourth-order valence-electron chi connectivity index (χ4n) is 10.8. The summed E-state index contributed by atoms with van der Waals surface area (Å²) < 4.78 is 0. The van der Waals surface area contributed by atoms with Gasteiger partial charge in [0.15, 0.2) is 0 Å². The Hall–Kier alpha value is -7.80. The largest absolute Gasteiger partial charge is 0.0622 e. The SMILES string of the molecule is c1ccc(-c2ccccc2-c2ccc3c4c5c(c(-c6ccccc6-c6ccccc6)c6cccc(c7cccc2c73)c64)-c2ccc(-c3ccccc3)c3cccc-5c23)cc1. The van der Waals surface area contributed by atoms with Crippen molar-refractivity contribution in [3.8, 4) is 77.9 Å². The monoisotopic (exact) mass is 756 g/mol. The van der Waals surface area contributed by atoms with Crippen molar-refractivity contribution in [1.82, 2.24) is 0 Å². The van der Waals surface area contributed by atoms with Crippen molar-refractivity contribution in [1.29, 1.82) is 0 Å². The van der Waals surface area contributed by atoms with Crippen LogP contribution in [-0.4, -0.2) is 0 Å². The highest BCUT2D eigenvalue weighted by atomic mass is 14.3. The van der Waals surface area contributed by atoms with Gasteiger partial charge in [-0.1, -0.05) is 218 Å². The van der Waals surface area contributed by atoms with Gasteiger partial charge in [-0.05, 0) is 132 Å². The lowest BCUT2D eigenvalue weighted by atomic mass is 9.79. The van der Waals surface area contributed by atoms with E-state index in [1.165, 1.54) is 132 Å². The summed E-state index contributed by atoms with van der Waals surface area (Å²) in [7, 11) is 0. The lowest BCUT2D eigenvalue weighted by Crippen LogP contribution is -1.96. The molecule has 0 amide bonds. The zero-order chi connectivity index (χ0) is 39.3. The van der Waals surface area contributed by atoms with E-state index >= 15 is 0 Å². The van der Waals surface area contributed by atoms with E-state index in [4.69, 9.17) is 0 Å². The summed E-state index contributed by atoms with van der Waals surface area (Å²) in [5.41, 5.74) is 17.8. The first-order valence-electron chi connectivity index (χ1n) is 20.9. The summed E-state index contributed by atoms with van der Waals surface area (Å²) in [6, 6.07) is 81.1. The molecule has 0 saturated carbocycles. The van der Waals surface area contributed by atoms with Crippen LogP contribution in [0.1, 0.15) is 0 Å². The Kier molecular flexibility index (Phi) is 7.11. The summed E-state index contributed by atoms with van der Waals surface area (Å²) in [6.07, 6.45) is 0. The van der Waals surface area contributed by atoms with Crippen molar-refractivity contribution in [3.63, 3.8) is 0 Å². The standard InChI is InChI=1S/C60H36/c1-4-17-37(18-5-1)40-23-10-12-25-43(40)44-34-36-52-54-47(44)28-14-29-48(54)49-30-16-32-51-56(46-26-13-11-24-41(46)38-19-6-2-7-20-38)59-53-35-33-42(39-21-8-3-9-22-39)45-27-15-31-50(55(45)53)60(59)58(52)57(49)51/h1-36H. The highest BCUT2D eigenvalue weighted by Gasteiger charge is 2.32. The van der Waals surface area contributed by atoms with Gasteiger partial charge in [0.25, 0.3) is 0 Å². The summed E-state index contributed by atoms with van der Waals surface area (Å²) in [5, 5.41) is 13.1. The molecule has 0 bridgehead atoms. The molecular weight excluding hydrogens is 721 g/mol. The molecule has 60 heavy (non-hydrogen) atoms. The molecule has 0 saturated heterocycles. The van der Waals surface area contributed by atoms with E-state index in [0.29, 0.717) is 0 Å². The molecule has 0 aliphatic heterocycles. The second-order valence-corrected chi connectivity index (χ2v) is 16.2. The molecule has 1 aliphatic rings. The summed E-state index contributed by atoms with van der Waals surface area (Å²) in [5.74, 6) is 0. The van der Waals surface area contributed by atoms with Crippen LogP contribution in [0.4, 0.5) is 0 Å². The second-order valence-electron chi connectivity index (χ2n) is 16.2. The number of fused-ring (bicyclic) bond motifs is 6. The summed E-state index contributed by atoms with van der Waals surface area (Å²) in [4.78, 5) is 0. The third kappa shape index (κ3) is 4.62. The molecule has 0 nitrogen and oxygen atoms in total. The van der Waals surface area contributed by atoms with Crippen LogP contribution in [0.2, 0.25) is 0 Å². The molecule has 1 aliphatic carbocycles. The number of benzene rings is 12. The third-order valence-corrected chi connectivity index (χ3v) is 13.2. The van der Waals surface area contributed by atoms with Crippen molar-refractivity contribution in [2.24, 2.45) is 0 Å². The molecule has 13 rings (SSSR count). The fraction of sp³-hybridized carbons (Fsp3) is 0. The smallest absolute Gasteiger partial charge is 0.000696 e. The van der Waals surface area contributed by atoms with Gasteiger partial charge in [0.05, 0.1) is 0 Å². The van der Waals surface area contributed by atoms with Crippen molar-refractivity contribution in [3.05, 3.63) is 218 Å². The molecule has 12 aromatic rings. The van der Waals surface area contributed by atoms with Crippen LogP contribution in [0, 0.1) is 0 Å². The maximum atomic E-state index is 2.43. The Morgan fingerprint density at radius 3 is 1.25 bits per heavy atom. The molecule has 0 heteroatoms. The second kappa shape index (κ2) is 12.9. The molecule has 0 radical (unpaired) electrons. The average Bonchev–Trinajstić information content (AvgIpc) is 3.66. The zero-order valence-corrected chi connectivity index (χ0v) is 32.8. The maximum absolute atomic E-state index is 2.43. The van der Waals surface area contributed by atoms with Crippen LogP contribution in [0.3, 0.4) is 0 Å². The number of hydrogen-bond donors (Lipinski definition) is 0. The topological polar surface area (TPSA) is 0 Å². The van der Waals surface area contributed by atoms with Gasteiger partial charge in [-0.25, -0.2) is 0 Å². The van der Waals surface area contributed by atoms with Gasteiger partial charge in [0.1, 0.15) is 0 Å².